The molecule has 0 aromatic heterocycles. The number of halogens is 1. The fourth-order valence-electron chi connectivity index (χ4n) is 1.65. The molecule has 1 aliphatic rings. The van der Waals surface area contributed by atoms with Gasteiger partial charge in [-0.25, -0.2) is 0 Å². The van der Waals surface area contributed by atoms with Gasteiger partial charge in [-0.2, -0.15) is 0 Å². The van der Waals surface area contributed by atoms with Gasteiger partial charge in [0.05, 0.1) is 11.5 Å². The third kappa shape index (κ3) is 2.50. The van der Waals surface area contributed by atoms with Crippen molar-refractivity contribution in [3.8, 4) is 5.75 Å². The number of hydrogen-bond donors (Lipinski definition) is 2. The maximum atomic E-state index is 11.7. The second-order valence-electron chi connectivity index (χ2n) is 3.72. The summed E-state index contributed by atoms with van der Waals surface area (Å²) in [5.74, 6) is 0.520. The Kier molecular flexibility index (Phi) is 3.19. The Morgan fingerprint density at radius 1 is 1.59 bits per heavy atom. The number of nitrogens with zero attached hydrogens (tertiary/aromatic N) is 1. The lowest BCUT2D eigenvalue weighted by molar-refractivity contribution is -0.121. The van der Waals surface area contributed by atoms with Gasteiger partial charge in [-0.15, -0.1) is 0 Å². The molecule has 5 nitrogen and oxygen atoms in total. The highest BCUT2D eigenvalue weighted by Crippen LogP contribution is 2.34. The average Bonchev–Trinajstić information content (AvgIpc) is 2.27. The van der Waals surface area contributed by atoms with Crippen LogP contribution in [-0.2, 0) is 4.79 Å². The van der Waals surface area contributed by atoms with Crippen LogP contribution in [0.25, 0.3) is 0 Å². The van der Waals surface area contributed by atoms with E-state index in [0.717, 1.165) is 0 Å². The molecule has 1 heterocycles. The van der Waals surface area contributed by atoms with Crippen molar-refractivity contribution in [2.75, 3.05) is 18.1 Å². The van der Waals surface area contributed by atoms with E-state index in [1.165, 1.54) is 0 Å². The summed E-state index contributed by atoms with van der Waals surface area (Å²) in [5.41, 5.74) is 5.93. The van der Waals surface area contributed by atoms with Crippen LogP contribution in [0.3, 0.4) is 0 Å². The van der Waals surface area contributed by atoms with Gasteiger partial charge in [0, 0.05) is 18.0 Å². The van der Waals surface area contributed by atoms with Crippen molar-refractivity contribution in [1.29, 1.82) is 5.41 Å². The molecule has 0 saturated carbocycles. The maximum absolute atomic E-state index is 11.7. The number of amides is 1. The van der Waals surface area contributed by atoms with Crippen LogP contribution in [0.5, 0.6) is 5.75 Å². The molecular weight excluding hydrogens is 242 g/mol. The minimum atomic E-state index is -0.152. The first-order valence-electron chi connectivity index (χ1n) is 5.13. The fourth-order valence-corrected chi connectivity index (χ4v) is 1.82. The fraction of sp³-hybridized carbons (Fsp3) is 0.273. The second-order valence-corrected chi connectivity index (χ2v) is 4.16. The number of amidine groups is 1. The molecule has 0 bridgehead atoms. The third-order valence-electron chi connectivity index (χ3n) is 2.47. The average molecular weight is 254 g/mol. The van der Waals surface area contributed by atoms with Gasteiger partial charge in [0.15, 0.2) is 6.61 Å². The maximum Gasteiger partial charge on any atom is 0.265 e. The molecule has 0 radical (unpaired) electrons. The number of carbonyl (C=O) groups is 1. The van der Waals surface area contributed by atoms with E-state index in [1.54, 1.807) is 23.1 Å². The Labute approximate surface area is 104 Å². The Bertz CT molecular complexity index is 476. The van der Waals surface area contributed by atoms with Crippen LogP contribution in [0.2, 0.25) is 5.02 Å². The largest absolute Gasteiger partial charge is 0.482 e. The van der Waals surface area contributed by atoms with Crippen molar-refractivity contribution < 1.29 is 9.53 Å². The molecule has 3 N–H and O–H groups in total. The molecule has 2 rings (SSSR count). The van der Waals surface area contributed by atoms with Crippen LogP contribution < -0.4 is 15.4 Å². The summed E-state index contributed by atoms with van der Waals surface area (Å²) in [4.78, 5) is 13.3. The van der Waals surface area contributed by atoms with Gasteiger partial charge < -0.3 is 15.4 Å². The number of nitrogens with one attached hydrogen (secondary N) is 1. The molecule has 0 unspecified atom stereocenters. The molecule has 1 aromatic carbocycles. The van der Waals surface area contributed by atoms with Crippen molar-refractivity contribution >= 4 is 29.0 Å². The van der Waals surface area contributed by atoms with Gasteiger partial charge in [0.25, 0.3) is 5.91 Å². The molecular formula is C11H12ClN3O2. The monoisotopic (exact) mass is 253 g/mol. The molecule has 1 aliphatic heterocycles. The lowest BCUT2D eigenvalue weighted by atomic mass is 10.2. The zero-order chi connectivity index (χ0) is 12.4. The van der Waals surface area contributed by atoms with Crippen LogP contribution in [0.4, 0.5) is 5.69 Å². The first kappa shape index (κ1) is 11.7. The van der Waals surface area contributed by atoms with Crippen molar-refractivity contribution in [3.05, 3.63) is 23.2 Å². The van der Waals surface area contributed by atoms with Crippen molar-refractivity contribution in [3.63, 3.8) is 0 Å². The summed E-state index contributed by atoms with van der Waals surface area (Å²) in [5, 5.41) is 7.72. The van der Waals surface area contributed by atoms with E-state index in [1.807, 2.05) is 0 Å². The third-order valence-corrected chi connectivity index (χ3v) is 2.70. The Morgan fingerprint density at radius 3 is 3.06 bits per heavy atom. The number of ether oxygens (including phenoxy) is 1. The minimum Gasteiger partial charge on any atom is -0.482 e. The first-order chi connectivity index (χ1) is 8.08. The van der Waals surface area contributed by atoms with E-state index in [4.69, 9.17) is 27.5 Å². The predicted octanol–water partition coefficient (Wildman–Crippen LogP) is 1.39. The summed E-state index contributed by atoms with van der Waals surface area (Å²) < 4.78 is 5.29. The zero-order valence-electron chi connectivity index (χ0n) is 9.07. The summed E-state index contributed by atoms with van der Waals surface area (Å²) in [6.45, 7) is 0.372. The van der Waals surface area contributed by atoms with Crippen molar-refractivity contribution in [2.45, 2.75) is 6.42 Å². The number of hydrogen-bond acceptors (Lipinski definition) is 3. The quantitative estimate of drug-likeness (QED) is 0.631. The number of anilines is 1. The standard InChI is InChI=1S/C11H12ClN3O2/c12-7-1-2-9-8(5-7)15(4-3-10(13)14)11(16)6-17-9/h1-2,5H,3-4,6H2,(H3,13,14). The minimum absolute atomic E-state index is 0.00649. The molecule has 1 aromatic rings. The van der Waals surface area contributed by atoms with E-state index in [2.05, 4.69) is 0 Å². The van der Waals surface area contributed by atoms with Crippen LogP contribution in [0.15, 0.2) is 18.2 Å². The first-order valence-corrected chi connectivity index (χ1v) is 5.51. The number of nitrogens with two attached hydrogens (primary N) is 1. The van der Waals surface area contributed by atoms with Crippen molar-refractivity contribution in [2.24, 2.45) is 5.73 Å². The molecule has 0 fully saturated rings. The smallest absolute Gasteiger partial charge is 0.265 e. The SMILES string of the molecule is N=C(N)CCN1C(=O)COc2ccc(Cl)cc21. The highest BCUT2D eigenvalue weighted by Gasteiger charge is 2.25. The van der Waals surface area contributed by atoms with E-state index < -0.39 is 0 Å². The topological polar surface area (TPSA) is 79.4 Å². The van der Waals surface area contributed by atoms with Crippen LogP contribution >= 0.6 is 11.6 Å². The van der Waals surface area contributed by atoms with Crippen LogP contribution in [0, 0.1) is 5.41 Å². The van der Waals surface area contributed by atoms with E-state index >= 15 is 0 Å². The highest BCUT2D eigenvalue weighted by molar-refractivity contribution is 6.31. The van der Waals surface area contributed by atoms with Gasteiger partial charge >= 0.3 is 0 Å². The molecule has 6 heteroatoms. The summed E-state index contributed by atoms with van der Waals surface area (Å²) in [6, 6.07) is 5.11. The second kappa shape index (κ2) is 4.63. The lowest BCUT2D eigenvalue weighted by Gasteiger charge is -2.29. The number of rotatable bonds is 3. The Hall–Kier alpha value is -1.75. The van der Waals surface area contributed by atoms with Gasteiger partial charge in [-0.05, 0) is 18.2 Å². The number of benzene rings is 1. The molecule has 1 amide bonds. The molecule has 0 aliphatic carbocycles. The normalized spacial score (nSPS) is 14.2. The van der Waals surface area contributed by atoms with Gasteiger partial charge in [0.2, 0.25) is 0 Å². The summed E-state index contributed by atoms with van der Waals surface area (Å²) in [7, 11) is 0. The van der Waals surface area contributed by atoms with Gasteiger partial charge in [0.1, 0.15) is 5.75 Å². The van der Waals surface area contributed by atoms with Gasteiger partial charge in [-0.1, -0.05) is 11.6 Å². The number of carbonyl (C=O) groups excluding carboxylic acids is 1. The molecule has 17 heavy (non-hydrogen) atoms. The summed E-state index contributed by atoms with van der Waals surface area (Å²) in [6.07, 6.45) is 0.331. The Morgan fingerprint density at radius 2 is 2.35 bits per heavy atom. The zero-order valence-corrected chi connectivity index (χ0v) is 9.83. The summed E-state index contributed by atoms with van der Waals surface area (Å²) >= 11 is 5.89. The van der Waals surface area contributed by atoms with Crippen LogP contribution in [-0.4, -0.2) is 24.9 Å². The molecule has 0 spiro atoms. The van der Waals surface area contributed by atoms with E-state index in [9.17, 15) is 4.79 Å². The molecule has 90 valence electrons. The lowest BCUT2D eigenvalue weighted by Crippen LogP contribution is -2.40. The predicted molar refractivity (Wildman–Crippen MR) is 65.8 cm³/mol. The van der Waals surface area contributed by atoms with E-state index in [-0.39, 0.29) is 18.3 Å². The van der Waals surface area contributed by atoms with Gasteiger partial charge in [-0.3, -0.25) is 10.2 Å². The van der Waals surface area contributed by atoms with E-state index in [0.29, 0.717) is 29.4 Å². The van der Waals surface area contributed by atoms with Crippen LogP contribution in [0.1, 0.15) is 6.42 Å². The number of fused-ring (bicyclic) bond motifs is 1. The molecule has 0 saturated heterocycles. The highest BCUT2D eigenvalue weighted by atomic mass is 35.5. The van der Waals surface area contributed by atoms with Crippen molar-refractivity contribution in [1.82, 2.24) is 0 Å². The molecule has 0 atom stereocenters. The Balaban J connectivity index is 2.28.